The van der Waals surface area contributed by atoms with E-state index in [0.29, 0.717) is 23.1 Å². The molecule has 9 nitrogen and oxygen atoms in total. The second-order valence-corrected chi connectivity index (χ2v) is 6.81. The zero-order chi connectivity index (χ0) is 20.3. The first-order valence-electron chi connectivity index (χ1n) is 8.59. The highest BCUT2D eigenvalue weighted by atomic mass is 35.5. The van der Waals surface area contributed by atoms with Crippen LogP contribution in [0.5, 0.6) is 0 Å². The number of nitrogens with zero attached hydrogens (tertiary/aromatic N) is 5. The number of halogens is 1. The van der Waals surface area contributed by atoms with E-state index >= 15 is 0 Å². The Morgan fingerprint density at radius 1 is 1.14 bits per heavy atom. The maximum Gasteiger partial charge on any atom is 0.390 e. The van der Waals surface area contributed by atoms with Crippen molar-refractivity contribution in [2.24, 2.45) is 0 Å². The first-order chi connectivity index (χ1) is 13.3. The fourth-order valence-electron chi connectivity index (χ4n) is 2.72. The number of hydrogen-bond acceptors (Lipinski definition) is 5. The number of benzene rings is 1. The predicted octanol–water partition coefficient (Wildman–Crippen LogP) is 3.34. The molecule has 0 aliphatic carbocycles. The van der Waals surface area contributed by atoms with Gasteiger partial charge in [-0.05, 0) is 36.5 Å². The lowest BCUT2D eigenvalue weighted by atomic mass is 10.2. The minimum atomic E-state index is -0.556. The zero-order valence-electron chi connectivity index (χ0n) is 15.4. The number of nitrogens with one attached hydrogen (secondary N) is 1. The van der Waals surface area contributed by atoms with E-state index in [1.54, 1.807) is 17.7 Å². The van der Waals surface area contributed by atoms with Gasteiger partial charge in [-0.15, -0.1) is 0 Å². The fourth-order valence-corrected chi connectivity index (χ4v) is 2.84. The topological polar surface area (TPSA) is 108 Å². The van der Waals surface area contributed by atoms with E-state index in [9.17, 15) is 14.9 Å². The summed E-state index contributed by atoms with van der Waals surface area (Å²) in [5.41, 5.74) is 2.58. The summed E-state index contributed by atoms with van der Waals surface area (Å²) in [6.07, 6.45) is 0.128. The highest BCUT2D eigenvalue weighted by Crippen LogP contribution is 2.15. The maximum absolute atomic E-state index is 12.2. The van der Waals surface area contributed by atoms with Gasteiger partial charge in [0.1, 0.15) is 0 Å². The van der Waals surface area contributed by atoms with Crippen molar-refractivity contribution in [3.8, 4) is 0 Å². The Hall–Kier alpha value is -3.20. The average Bonchev–Trinajstić information content (AvgIpc) is 3.18. The van der Waals surface area contributed by atoms with Crippen LogP contribution >= 0.6 is 11.6 Å². The molecule has 1 aromatic carbocycles. The second kappa shape index (κ2) is 8.22. The average molecular weight is 403 g/mol. The van der Waals surface area contributed by atoms with Crippen LogP contribution in [0.1, 0.15) is 23.4 Å². The van der Waals surface area contributed by atoms with Crippen molar-refractivity contribution in [3.63, 3.8) is 0 Å². The lowest BCUT2D eigenvalue weighted by Crippen LogP contribution is -2.16. The Balaban J connectivity index is 1.58. The molecule has 0 aliphatic heterocycles. The van der Waals surface area contributed by atoms with Crippen LogP contribution in [0.2, 0.25) is 5.02 Å². The summed E-state index contributed by atoms with van der Waals surface area (Å²) >= 11 is 5.90. The van der Waals surface area contributed by atoms with Gasteiger partial charge >= 0.3 is 5.82 Å². The summed E-state index contributed by atoms with van der Waals surface area (Å²) in [5, 5.41) is 22.5. The quantitative estimate of drug-likeness (QED) is 0.481. The molecule has 0 saturated carbocycles. The molecule has 0 saturated heterocycles. The molecule has 0 radical (unpaired) electrons. The third kappa shape index (κ3) is 4.74. The predicted molar refractivity (Wildman–Crippen MR) is 104 cm³/mol. The number of aryl methyl sites for hydroxylation is 3. The second-order valence-electron chi connectivity index (χ2n) is 6.38. The van der Waals surface area contributed by atoms with E-state index in [2.05, 4.69) is 15.5 Å². The van der Waals surface area contributed by atoms with Gasteiger partial charge in [0.25, 0.3) is 0 Å². The standard InChI is InChI=1S/C18H19ClN6O3/c1-12-9-16(21-24(12)11-14-3-5-15(19)6-4-14)20-18(26)7-8-23-13(2)10-17(22-23)25(27)28/h3-6,9-10H,7-8,11H2,1-2H3,(H,20,21,26). The molecule has 1 amide bonds. The minimum absolute atomic E-state index is 0.128. The molecule has 0 aliphatic rings. The maximum atomic E-state index is 12.2. The van der Waals surface area contributed by atoms with Gasteiger partial charge in [-0.25, -0.2) is 0 Å². The molecule has 3 aromatic rings. The van der Waals surface area contributed by atoms with Crippen molar-refractivity contribution in [1.29, 1.82) is 0 Å². The van der Waals surface area contributed by atoms with Crippen molar-refractivity contribution in [2.75, 3.05) is 5.32 Å². The molecule has 3 rings (SSSR count). The minimum Gasteiger partial charge on any atom is -0.358 e. The van der Waals surface area contributed by atoms with Crippen LogP contribution in [-0.2, 0) is 17.9 Å². The number of hydrogen-bond donors (Lipinski definition) is 1. The monoisotopic (exact) mass is 402 g/mol. The van der Waals surface area contributed by atoms with Crippen LogP contribution in [0.4, 0.5) is 11.6 Å². The van der Waals surface area contributed by atoms with Gasteiger partial charge in [0.15, 0.2) is 5.82 Å². The van der Waals surface area contributed by atoms with E-state index < -0.39 is 4.92 Å². The summed E-state index contributed by atoms with van der Waals surface area (Å²) in [7, 11) is 0. The molecule has 1 N–H and O–H groups in total. The number of amides is 1. The Labute approximate surface area is 166 Å². The van der Waals surface area contributed by atoms with Crippen molar-refractivity contribution in [3.05, 3.63) is 68.5 Å². The number of nitro groups is 1. The largest absolute Gasteiger partial charge is 0.390 e. The molecular weight excluding hydrogens is 384 g/mol. The van der Waals surface area contributed by atoms with Gasteiger partial charge in [-0.1, -0.05) is 23.7 Å². The number of carbonyl (C=O) groups is 1. The highest BCUT2D eigenvalue weighted by molar-refractivity contribution is 6.30. The zero-order valence-corrected chi connectivity index (χ0v) is 16.2. The summed E-state index contributed by atoms with van der Waals surface area (Å²) in [5.74, 6) is -0.0113. The highest BCUT2D eigenvalue weighted by Gasteiger charge is 2.16. The van der Waals surface area contributed by atoms with Crippen molar-refractivity contribution in [2.45, 2.75) is 33.4 Å². The van der Waals surface area contributed by atoms with E-state index in [1.165, 1.54) is 10.7 Å². The van der Waals surface area contributed by atoms with Gasteiger partial charge in [-0.3, -0.25) is 9.48 Å². The molecule has 2 heterocycles. The summed E-state index contributed by atoms with van der Waals surface area (Å²) < 4.78 is 3.24. The van der Waals surface area contributed by atoms with Gasteiger partial charge in [-0.2, -0.15) is 9.78 Å². The fraction of sp³-hybridized carbons (Fsp3) is 0.278. The van der Waals surface area contributed by atoms with Crippen LogP contribution in [0.15, 0.2) is 36.4 Å². The SMILES string of the molecule is Cc1cc(NC(=O)CCn2nc([N+](=O)[O-])cc2C)nn1Cc1ccc(Cl)cc1. The molecule has 0 unspecified atom stereocenters. The van der Waals surface area contributed by atoms with Gasteiger partial charge in [0.05, 0.1) is 29.9 Å². The Morgan fingerprint density at radius 3 is 2.46 bits per heavy atom. The van der Waals surface area contributed by atoms with Gasteiger partial charge < -0.3 is 15.4 Å². The molecule has 2 aromatic heterocycles. The van der Waals surface area contributed by atoms with Crippen LogP contribution in [0, 0.1) is 24.0 Å². The molecule has 146 valence electrons. The Kier molecular flexibility index (Phi) is 5.74. The number of anilines is 1. The van der Waals surface area contributed by atoms with Crippen molar-refractivity contribution in [1.82, 2.24) is 19.6 Å². The van der Waals surface area contributed by atoms with Gasteiger partial charge in [0.2, 0.25) is 5.91 Å². The number of carbonyl (C=O) groups excluding carboxylic acids is 1. The molecule has 28 heavy (non-hydrogen) atoms. The first-order valence-corrected chi connectivity index (χ1v) is 8.97. The van der Waals surface area contributed by atoms with Crippen LogP contribution in [0.25, 0.3) is 0 Å². The third-order valence-corrected chi connectivity index (χ3v) is 4.45. The lowest BCUT2D eigenvalue weighted by molar-refractivity contribution is -0.389. The van der Waals surface area contributed by atoms with E-state index in [0.717, 1.165) is 11.3 Å². The summed E-state index contributed by atoms with van der Waals surface area (Å²) in [6, 6.07) is 10.7. The summed E-state index contributed by atoms with van der Waals surface area (Å²) in [6.45, 7) is 4.43. The normalized spacial score (nSPS) is 10.8. The first kappa shape index (κ1) is 19.6. The molecule has 10 heteroatoms. The number of rotatable bonds is 7. The molecule has 0 spiro atoms. The van der Waals surface area contributed by atoms with Crippen molar-refractivity contribution < 1.29 is 9.72 Å². The smallest absolute Gasteiger partial charge is 0.358 e. The van der Waals surface area contributed by atoms with Crippen LogP contribution in [0.3, 0.4) is 0 Å². The van der Waals surface area contributed by atoms with Crippen LogP contribution < -0.4 is 5.32 Å². The Morgan fingerprint density at radius 2 is 1.82 bits per heavy atom. The van der Waals surface area contributed by atoms with E-state index in [4.69, 9.17) is 11.6 Å². The Bertz CT molecular complexity index is 1010. The lowest BCUT2D eigenvalue weighted by Gasteiger charge is -2.05. The molecular formula is C18H19ClN6O3. The van der Waals surface area contributed by atoms with E-state index in [1.807, 2.05) is 31.2 Å². The van der Waals surface area contributed by atoms with Crippen molar-refractivity contribution >= 4 is 29.1 Å². The third-order valence-electron chi connectivity index (χ3n) is 4.20. The van der Waals surface area contributed by atoms with Gasteiger partial charge in [0, 0.05) is 23.2 Å². The summed E-state index contributed by atoms with van der Waals surface area (Å²) in [4.78, 5) is 22.4. The molecule has 0 fully saturated rings. The van der Waals surface area contributed by atoms with E-state index in [-0.39, 0.29) is 24.7 Å². The number of aromatic nitrogens is 4. The molecule has 0 bridgehead atoms. The molecule has 0 atom stereocenters. The van der Waals surface area contributed by atoms with Crippen LogP contribution in [-0.4, -0.2) is 30.4 Å².